The summed E-state index contributed by atoms with van der Waals surface area (Å²) in [5, 5.41) is 2.80. The molecule has 1 amide bonds. The molecule has 0 bridgehead atoms. The molecule has 1 heterocycles. The molecule has 1 aromatic heterocycles. The first-order chi connectivity index (χ1) is 8.40. The Morgan fingerprint density at radius 1 is 1.39 bits per heavy atom. The number of carbonyl (C=O) groups excluding carboxylic acids is 2. The molecule has 0 saturated heterocycles. The van der Waals surface area contributed by atoms with Crippen LogP contribution in [0.1, 0.15) is 24.3 Å². The summed E-state index contributed by atoms with van der Waals surface area (Å²) in [4.78, 5) is 25.2. The standard InChI is InChI=1S/C13H21N3O2/c1-10(2)14-13(18)9-15(3)8-12(17)11-6-5-7-16(11)4/h5-7,10H,8-9H2,1-4H3,(H,14,18). The van der Waals surface area contributed by atoms with Gasteiger partial charge in [0.25, 0.3) is 0 Å². The molecule has 0 spiro atoms. The minimum absolute atomic E-state index is 0.0161. The predicted molar refractivity (Wildman–Crippen MR) is 70.5 cm³/mol. The fourth-order valence-corrected chi connectivity index (χ4v) is 1.75. The number of likely N-dealkylation sites (N-methyl/N-ethyl adjacent to an activating group) is 1. The van der Waals surface area contributed by atoms with Gasteiger partial charge in [0.2, 0.25) is 5.91 Å². The molecule has 5 heteroatoms. The van der Waals surface area contributed by atoms with Crippen molar-refractivity contribution in [1.82, 2.24) is 14.8 Å². The summed E-state index contributed by atoms with van der Waals surface area (Å²) in [5.74, 6) is -0.0467. The van der Waals surface area contributed by atoms with E-state index in [0.29, 0.717) is 5.69 Å². The van der Waals surface area contributed by atoms with E-state index in [9.17, 15) is 9.59 Å². The van der Waals surface area contributed by atoms with Crippen molar-refractivity contribution in [2.75, 3.05) is 20.1 Å². The molecule has 0 aliphatic heterocycles. The van der Waals surface area contributed by atoms with Gasteiger partial charge in [-0.1, -0.05) is 0 Å². The molecule has 0 aromatic carbocycles. The summed E-state index contributed by atoms with van der Waals surface area (Å²) in [5.41, 5.74) is 0.658. The molecule has 0 aliphatic rings. The first kappa shape index (κ1) is 14.4. The number of amides is 1. The number of carbonyl (C=O) groups is 2. The third kappa shape index (κ3) is 4.33. The Hall–Kier alpha value is -1.62. The van der Waals surface area contributed by atoms with Crippen LogP contribution >= 0.6 is 0 Å². The number of nitrogens with one attached hydrogen (secondary N) is 1. The number of hydrogen-bond donors (Lipinski definition) is 1. The first-order valence-corrected chi connectivity index (χ1v) is 6.02. The fourth-order valence-electron chi connectivity index (χ4n) is 1.75. The van der Waals surface area contributed by atoms with Gasteiger partial charge in [0, 0.05) is 19.3 Å². The first-order valence-electron chi connectivity index (χ1n) is 6.02. The van der Waals surface area contributed by atoms with E-state index in [2.05, 4.69) is 5.32 Å². The Labute approximate surface area is 108 Å². The number of Topliss-reactive ketones (excluding diaryl/α,β-unsaturated/α-hetero) is 1. The highest BCUT2D eigenvalue weighted by Gasteiger charge is 2.14. The number of ketones is 1. The molecule has 0 unspecified atom stereocenters. The van der Waals surface area contributed by atoms with Gasteiger partial charge in [-0.15, -0.1) is 0 Å². The molecule has 0 aliphatic carbocycles. The van der Waals surface area contributed by atoms with Crippen LogP contribution in [-0.4, -0.2) is 47.3 Å². The highest BCUT2D eigenvalue weighted by molar-refractivity contribution is 5.96. The van der Waals surface area contributed by atoms with Gasteiger partial charge in [0.1, 0.15) is 0 Å². The second kappa shape index (κ2) is 6.35. The van der Waals surface area contributed by atoms with Crippen LogP contribution in [0.4, 0.5) is 0 Å². The topological polar surface area (TPSA) is 54.3 Å². The zero-order chi connectivity index (χ0) is 13.7. The lowest BCUT2D eigenvalue weighted by Gasteiger charge is -2.16. The van der Waals surface area contributed by atoms with E-state index in [1.54, 1.807) is 22.6 Å². The van der Waals surface area contributed by atoms with Gasteiger partial charge >= 0.3 is 0 Å². The smallest absolute Gasteiger partial charge is 0.234 e. The Morgan fingerprint density at radius 3 is 2.56 bits per heavy atom. The van der Waals surface area contributed by atoms with Crippen molar-refractivity contribution in [2.45, 2.75) is 19.9 Å². The molecule has 100 valence electrons. The van der Waals surface area contributed by atoms with Crippen LogP contribution in [0, 0.1) is 0 Å². The lowest BCUT2D eigenvalue weighted by atomic mass is 10.2. The highest BCUT2D eigenvalue weighted by atomic mass is 16.2. The summed E-state index contributed by atoms with van der Waals surface area (Å²) in [6, 6.07) is 3.73. The van der Waals surface area contributed by atoms with E-state index in [0.717, 1.165) is 0 Å². The highest BCUT2D eigenvalue weighted by Crippen LogP contribution is 2.01. The maximum Gasteiger partial charge on any atom is 0.234 e. The van der Waals surface area contributed by atoms with Gasteiger partial charge in [-0.25, -0.2) is 0 Å². The van der Waals surface area contributed by atoms with Crippen molar-refractivity contribution in [3.63, 3.8) is 0 Å². The average Bonchev–Trinajstić information content (AvgIpc) is 2.62. The summed E-state index contributed by atoms with van der Waals surface area (Å²) < 4.78 is 1.78. The minimum atomic E-state index is -0.0628. The van der Waals surface area contributed by atoms with E-state index in [1.165, 1.54) is 0 Å². The summed E-state index contributed by atoms with van der Waals surface area (Å²) >= 11 is 0. The molecular formula is C13H21N3O2. The monoisotopic (exact) mass is 251 g/mol. The average molecular weight is 251 g/mol. The van der Waals surface area contributed by atoms with Crippen LogP contribution in [0.5, 0.6) is 0 Å². The maximum atomic E-state index is 11.9. The molecule has 0 saturated carbocycles. The van der Waals surface area contributed by atoms with Crippen molar-refractivity contribution in [3.05, 3.63) is 24.0 Å². The molecule has 18 heavy (non-hydrogen) atoms. The Kier molecular flexibility index (Phi) is 5.09. The molecular weight excluding hydrogens is 230 g/mol. The minimum Gasteiger partial charge on any atom is -0.353 e. The predicted octanol–water partition coefficient (Wildman–Crippen LogP) is 0.664. The summed E-state index contributed by atoms with van der Waals surface area (Å²) in [6.07, 6.45) is 1.83. The lowest BCUT2D eigenvalue weighted by molar-refractivity contribution is -0.122. The molecule has 0 atom stereocenters. The van der Waals surface area contributed by atoms with Gasteiger partial charge < -0.3 is 9.88 Å². The van der Waals surface area contributed by atoms with E-state index < -0.39 is 0 Å². The second-order valence-electron chi connectivity index (χ2n) is 4.82. The zero-order valence-electron chi connectivity index (χ0n) is 11.4. The summed E-state index contributed by atoms with van der Waals surface area (Å²) in [6.45, 7) is 4.29. The SMILES string of the molecule is CC(C)NC(=O)CN(C)CC(=O)c1cccn1C. The van der Waals surface area contributed by atoms with Gasteiger partial charge in [-0.05, 0) is 33.0 Å². The fraction of sp³-hybridized carbons (Fsp3) is 0.538. The van der Waals surface area contributed by atoms with E-state index in [4.69, 9.17) is 0 Å². The van der Waals surface area contributed by atoms with Gasteiger partial charge in [-0.3, -0.25) is 14.5 Å². The lowest BCUT2D eigenvalue weighted by Crippen LogP contribution is -2.40. The Balaban J connectivity index is 2.45. The third-order valence-corrected chi connectivity index (χ3v) is 2.51. The summed E-state index contributed by atoms with van der Waals surface area (Å²) in [7, 11) is 3.60. The van der Waals surface area contributed by atoms with Crippen molar-refractivity contribution in [3.8, 4) is 0 Å². The molecule has 1 N–H and O–H groups in total. The van der Waals surface area contributed by atoms with Gasteiger partial charge in [-0.2, -0.15) is 0 Å². The van der Waals surface area contributed by atoms with Crippen molar-refractivity contribution < 1.29 is 9.59 Å². The normalized spacial score (nSPS) is 11.0. The number of aromatic nitrogens is 1. The third-order valence-electron chi connectivity index (χ3n) is 2.51. The van der Waals surface area contributed by atoms with Crippen LogP contribution in [-0.2, 0) is 11.8 Å². The van der Waals surface area contributed by atoms with Crippen LogP contribution in [0.15, 0.2) is 18.3 Å². The number of hydrogen-bond acceptors (Lipinski definition) is 3. The van der Waals surface area contributed by atoms with Crippen molar-refractivity contribution in [2.24, 2.45) is 7.05 Å². The van der Waals surface area contributed by atoms with Crippen LogP contribution in [0.25, 0.3) is 0 Å². The molecule has 1 rings (SSSR count). The van der Waals surface area contributed by atoms with Gasteiger partial charge in [0.05, 0.1) is 18.8 Å². The van der Waals surface area contributed by atoms with Crippen LogP contribution in [0.2, 0.25) is 0 Å². The van der Waals surface area contributed by atoms with E-state index >= 15 is 0 Å². The van der Waals surface area contributed by atoms with Crippen LogP contribution < -0.4 is 5.32 Å². The molecule has 1 aromatic rings. The van der Waals surface area contributed by atoms with Crippen molar-refractivity contribution in [1.29, 1.82) is 0 Å². The molecule has 0 radical (unpaired) electrons. The molecule has 0 fully saturated rings. The quantitative estimate of drug-likeness (QED) is 0.756. The van der Waals surface area contributed by atoms with E-state index in [1.807, 2.05) is 33.2 Å². The molecule has 5 nitrogen and oxygen atoms in total. The Morgan fingerprint density at radius 2 is 2.06 bits per heavy atom. The van der Waals surface area contributed by atoms with E-state index in [-0.39, 0.29) is 30.8 Å². The largest absolute Gasteiger partial charge is 0.353 e. The van der Waals surface area contributed by atoms with Crippen LogP contribution in [0.3, 0.4) is 0 Å². The maximum absolute atomic E-state index is 11.9. The zero-order valence-corrected chi connectivity index (χ0v) is 11.4. The second-order valence-corrected chi connectivity index (χ2v) is 4.82. The number of rotatable bonds is 6. The van der Waals surface area contributed by atoms with Crippen molar-refractivity contribution >= 4 is 11.7 Å². The number of aryl methyl sites for hydroxylation is 1. The Bertz CT molecular complexity index is 424. The van der Waals surface area contributed by atoms with Gasteiger partial charge in [0.15, 0.2) is 5.78 Å². The number of nitrogens with zero attached hydrogens (tertiary/aromatic N) is 2.